The van der Waals surface area contributed by atoms with Crippen LogP contribution in [0.3, 0.4) is 0 Å². The molecule has 17 heavy (non-hydrogen) atoms. The Morgan fingerprint density at radius 2 is 2.29 bits per heavy atom. The first kappa shape index (κ1) is 13.8. The van der Waals surface area contributed by atoms with Gasteiger partial charge in [0, 0.05) is 11.6 Å². The molecule has 1 unspecified atom stereocenters. The summed E-state index contributed by atoms with van der Waals surface area (Å²) in [6.07, 6.45) is -0.975. The molecule has 0 aliphatic carbocycles. The first-order valence-electron chi connectivity index (χ1n) is 4.99. The summed E-state index contributed by atoms with van der Waals surface area (Å²) in [5.74, 6) is -0.0421. The van der Waals surface area contributed by atoms with E-state index in [9.17, 15) is 4.79 Å². The van der Waals surface area contributed by atoms with E-state index < -0.39 is 18.6 Å². The van der Waals surface area contributed by atoms with Crippen molar-refractivity contribution in [2.75, 3.05) is 20.3 Å². The van der Waals surface area contributed by atoms with E-state index in [4.69, 9.17) is 26.6 Å². The summed E-state index contributed by atoms with van der Waals surface area (Å²) in [7, 11) is 1.44. The van der Waals surface area contributed by atoms with Gasteiger partial charge < -0.3 is 20.3 Å². The van der Waals surface area contributed by atoms with Crippen LogP contribution < -0.4 is 10.1 Å². The number of hydrogen-bond donors (Lipinski definition) is 3. The van der Waals surface area contributed by atoms with Crippen molar-refractivity contribution in [1.29, 1.82) is 0 Å². The van der Waals surface area contributed by atoms with Gasteiger partial charge in [0.15, 0.2) is 0 Å². The molecule has 1 aromatic carbocycles. The van der Waals surface area contributed by atoms with Crippen LogP contribution >= 0.6 is 11.6 Å². The Morgan fingerprint density at radius 3 is 2.88 bits per heavy atom. The standard InChI is InChI=1S/C11H14ClNO4/c1-17-10-4-7(12)2-3-9(10)11(16)13-5-8(15)6-14/h2-4,8,14-15H,5-6H2,1H3,(H,13,16). The van der Waals surface area contributed by atoms with E-state index in [1.54, 1.807) is 6.07 Å². The van der Waals surface area contributed by atoms with E-state index in [-0.39, 0.29) is 6.54 Å². The normalized spacial score (nSPS) is 12.0. The quantitative estimate of drug-likeness (QED) is 0.717. The summed E-state index contributed by atoms with van der Waals surface area (Å²) >= 11 is 5.77. The van der Waals surface area contributed by atoms with Gasteiger partial charge in [-0.25, -0.2) is 0 Å². The lowest BCUT2D eigenvalue weighted by Crippen LogP contribution is -2.34. The molecule has 94 valence electrons. The summed E-state index contributed by atoms with van der Waals surface area (Å²) in [6, 6.07) is 4.63. The highest BCUT2D eigenvalue weighted by atomic mass is 35.5. The first-order valence-corrected chi connectivity index (χ1v) is 5.37. The Morgan fingerprint density at radius 1 is 1.59 bits per heavy atom. The number of rotatable bonds is 5. The Bertz CT molecular complexity index is 397. The number of carbonyl (C=O) groups excluding carboxylic acids is 1. The third-order valence-electron chi connectivity index (χ3n) is 2.12. The lowest BCUT2D eigenvalue weighted by molar-refractivity contribution is 0.0800. The molecular weight excluding hydrogens is 246 g/mol. The number of halogens is 1. The predicted molar refractivity (Wildman–Crippen MR) is 63.4 cm³/mol. The Hall–Kier alpha value is -1.30. The highest BCUT2D eigenvalue weighted by Gasteiger charge is 2.13. The SMILES string of the molecule is COc1cc(Cl)ccc1C(=O)NCC(O)CO. The summed E-state index contributed by atoms with van der Waals surface area (Å²) < 4.78 is 5.02. The lowest BCUT2D eigenvalue weighted by Gasteiger charge is -2.11. The molecule has 0 radical (unpaired) electrons. The van der Waals surface area contributed by atoms with Gasteiger partial charge >= 0.3 is 0 Å². The van der Waals surface area contributed by atoms with Crippen LogP contribution in [0.4, 0.5) is 0 Å². The number of aliphatic hydroxyl groups excluding tert-OH is 2. The molecule has 0 heterocycles. The van der Waals surface area contributed by atoms with Gasteiger partial charge in [-0.2, -0.15) is 0 Å². The van der Waals surface area contributed by atoms with Gasteiger partial charge in [0.25, 0.3) is 5.91 Å². The molecule has 0 fully saturated rings. The molecular formula is C11H14ClNO4. The highest BCUT2D eigenvalue weighted by Crippen LogP contribution is 2.22. The van der Waals surface area contributed by atoms with Crippen molar-refractivity contribution < 1.29 is 19.7 Å². The van der Waals surface area contributed by atoms with Crippen molar-refractivity contribution in [3.8, 4) is 5.75 Å². The molecule has 0 spiro atoms. The van der Waals surface area contributed by atoms with Crippen LogP contribution in [-0.2, 0) is 0 Å². The topological polar surface area (TPSA) is 78.8 Å². The van der Waals surface area contributed by atoms with Crippen LogP contribution in [0.5, 0.6) is 5.75 Å². The zero-order valence-corrected chi connectivity index (χ0v) is 10.1. The minimum absolute atomic E-state index is 0.0267. The summed E-state index contributed by atoms with van der Waals surface area (Å²) in [5.41, 5.74) is 0.321. The number of methoxy groups -OCH3 is 1. The van der Waals surface area contributed by atoms with Gasteiger partial charge in [-0.05, 0) is 18.2 Å². The van der Waals surface area contributed by atoms with Crippen molar-refractivity contribution in [3.63, 3.8) is 0 Å². The molecule has 0 aliphatic heterocycles. The number of aliphatic hydroxyl groups is 2. The second-order valence-electron chi connectivity index (χ2n) is 3.39. The third kappa shape index (κ3) is 3.89. The van der Waals surface area contributed by atoms with E-state index >= 15 is 0 Å². The molecule has 0 aliphatic rings. The zero-order chi connectivity index (χ0) is 12.8. The summed E-state index contributed by atoms with van der Waals surface area (Å²) in [4.78, 5) is 11.7. The predicted octanol–water partition coefficient (Wildman–Crippen LogP) is 0.432. The molecule has 1 aromatic rings. The fraction of sp³-hybridized carbons (Fsp3) is 0.364. The molecule has 0 saturated heterocycles. The number of hydrogen-bond acceptors (Lipinski definition) is 4. The van der Waals surface area contributed by atoms with E-state index in [0.29, 0.717) is 16.3 Å². The summed E-state index contributed by atoms with van der Waals surface area (Å²) in [5, 5.41) is 20.7. The van der Waals surface area contributed by atoms with E-state index in [2.05, 4.69) is 5.32 Å². The van der Waals surface area contributed by atoms with Crippen LogP contribution in [0.2, 0.25) is 5.02 Å². The van der Waals surface area contributed by atoms with Crippen LogP contribution in [0.1, 0.15) is 10.4 Å². The molecule has 1 atom stereocenters. The molecule has 6 heteroatoms. The fourth-order valence-electron chi connectivity index (χ4n) is 1.22. The van der Waals surface area contributed by atoms with Crippen molar-refractivity contribution in [3.05, 3.63) is 28.8 Å². The third-order valence-corrected chi connectivity index (χ3v) is 2.35. The number of nitrogens with one attached hydrogen (secondary N) is 1. The molecule has 1 rings (SSSR count). The van der Waals surface area contributed by atoms with Gasteiger partial charge in [-0.3, -0.25) is 4.79 Å². The number of carbonyl (C=O) groups is 1. The maximum Gasteiger partial charge on any atom is 0.255 e. The van der Waals surface area contributed by atoms with Crippen molar-refractivity contribution in [2.24, 2.45) is 0 Å². The summed E-state index contributed by atoms with van der Waals surface area (Å²) in [6.45, 7) is -0.431. The molecule has 0 bridgehead atoms. The Balaban J connectivity index is 2.75. The lowest BCUT2D eigenvalue weighted by atomic mass is 10.2. The van der Waals surface area contributed by atoms with Gasteiger partial charge in [-0.15, -0.1) is 0 Å². The Labute approximate surface area is 104 Å². The van der Waals surface area contributed by atoms with Crippen LogP contribution in [-0.4, -0.2) is 42.5 Å². The Kier molecular flexibility index (Phi) is 5.21. The first-order chi connectivity index (χ1) is 8.08. The maximum absolute atomic E-state index is 11.7. The van der Waals surface area contributed by atoms with Crippen LogP contribution in [0.15, 0.2) is 18.2 Å². The minimum Gasteiger partial charge on any atom is -0.496 e. The second kappa shape index (κ2) is 6.44. The van der Waals surface area contributed by atoms with Gasteiger partial charge in [0.2, 0.25) is 0 Å². The van der Waals surface area contributed by atoms with E-state index in [1.807, 2.05) is 0 Å². The van der Waals surface area contributed by atoms with Crippen LogP contribution in [0, 0.1) is 0 Å². The fourth-order valence-corrected chi connectivity index (χ4v) is 1.39. The minimum atomic E-state index is -0.975. The molecule has 1 amide bonds. The van der Waals surface area contributed by atoms with Gasteiger partial charge in [-0.1, -0.05) is 11.6 Å². The number of benzene rings is 1. The largest absolute Gasteiger partial charge is 0.496 e. The number of amides is 1. The smallest absolute Gasteiger partial charge is 0.255 e. The van der Waals surface area contributed by atoms with Crippen molar-refractivity contribution in [1.82, 2.24) is 5.32 Å². The average molecular weight is 260 g/mol. The van der Waals surface area contributed by atoms with Crippen molar-refractivity contribution in [2.45, 2.75) is 6.10 Å². The highest BCUT2D eigenvalue weighted by molar-refractivity contribution is 6.30. The van der Waals surface area contributed by atoms with E-state index in [0.717, 1.165) is 0 Å². The zero-order valence-electron chi connectivity index (χ0n) is 9.31. The maximum atomic E-state index is 11.7. The van der Waals surface area contributed by atoms with Crippen molar-refractivity contribution >= 4 is 17.5 Å². The molecule has 3 N–H and O–H groups in total. The van der Waals surface area contributed by atoms with Gasteiger partial charge in [0.05, 0.1) is 25.4 Å². The molecule has 0 saturated carbocycles. The molecule has 0 aromatic heterocycles. The number of ether oxygens (including phenoxy) is 1. The van der Waals surface area contributed by atoms with Crippen LogP contribution in [0.25, 0.3) is 0 Å². The second-order valence-corrected chi connectivity index (χ2v) is 3.83. The average Bonchev–Trinajstić information content (AvgIpc) is 2.35. The monoisotopic (exact) mass is 259 g/mol. The van der Waals surface area contributed by atoms with Gasteiger partial charge in [0.1, 0.15) is 5.75 Å². The molecule has 5 nitrogen and oxygen atoms in total. The van der Waals surface area contributed by atoms with E-state index in [1.165, 1.54) is 19.2 Å².